The van der Waals surface area contributed by atoms with Crippen LogP contribution in [0.5, 0.6) is 5.75 Å². The summed E-state index contributed by atoms with van der Waals surface area (Å²) in [5.41, 5.74) is 0.867. The number of likely N-dealkylation sites (N-methyl/N-ethyl adjacent to an activating group) is 1. The first-order chi connectivity index (χ1) is 10.3. The smallest absolute Gasteiger partial charge is 0.119 e. The van der Waals surface area contributed by atoms with E-state index in [1.807, 2.05) is 43.4 Å². The average Bonchev–Trinajstić information content (AvgIpc) is 2.99. The van der Waals surface area contributed by atoms with Gasteiger partial charge in [0.15, 0.2) is 0 Å². The molecule has 0 spiro atoms. The molecule has 110 valence electrons. The molecule has 0 saturated heterocycles. The van der Waals surface area contributed by atoms with Gasteiger partial charge in [-0.3, -0.25) is 4.90 Å². The number of hydrogen-bond donors (Lipinski definition) is 1. The molecule has 0 aliphatic heterocycles. The monoisotopic (exact) mass is 285 g/mol. The molecule has 4 nitrogen and oxygen atoms in total. The molecule has 4 heteroatoms. The first-order valence-electron chi connectivity index (χ1n) is 6.81. The highest BCUT2D eigenvalue weighted by Crippen LogP contribution is 2.11. The molecular formula is C17H19NO3. The van der Waals surface area contributed by atoms with Crippen LogP contribution in [0, 0.1) is 11.8 Å². The van der Waals surface area contributed by atoms with Crippen LogP contribution in [-0.4, -0.2) is 36.8 Å². The lowest BCUT2D eigenvalue weighted by molar-refractivity contribution is 0.222. The Balaban J connectivity index is 1.73. The molecule has 0 unspecified atom stereocenters. The fraction of sp³-hybridized carbons (Fsp3) is 0.294. The molecule has 21 heavy (non-hydrogen) atoms. The Labute approximate surface area is 125 Å². The topological polar surface area (TPSA) is 45.8 Å². The van der Waals surface area contributed by atoms with Crippen LogP contribution < -0.4 is 4.74 Å². The van der Waals surface area contributed by atoms with Gasteiger partial charge in [-0.15, -0.1) is 0 Å². The zero-order valence-corrected chi connectivity index (χ0v) is 12.1. The van der Waals surface area contributed by atoms with Gasteiger partial charge in [-0.1, -0.05) is 11.8 Å². The summed E-state index contributed by atoms with van der Waals surface area (Å²) < 4.78 is 11.0. The van der Waals surface area contributed by atoms with Gasteiger partial charge in [-0.05, 0) is 43.4 Å². The van der Waals surface area contributed by atoms with Gasteiger partial charge >= 0.3 is 0 Å². The van der Waals surface area contributed by atoms with Crippen LogP contribution in [0.4, 0.5) is 0 Å². The van der Waals surface area contributed by atoms with E-state index in [1.54, 1.807) is 6.26 Å². The van der Waals surface area contributed by atoms with Gasteiger partial charge in [0.05, 0.1) is 12.8 Å². The second-order valence-corrected chi connectivity index (χ2v) is 4.65. The van der Waals surface area contributed by atoms with Gasteiger partial charge in [0.25, 0.3) is 0 Å². The van der Waals surface area contributed by atoms with Crippen molar-refractivity contribution in [2.45, 2.75) is 6.54 Å². The number of rotatable bonds is 6. The highest BCUT2D eigenvalue weighted by atomic mass is 16.5. The van der Waals surface area contributed by atoms with E-state index in [0.717, 1.165) is 30.2 Å². The maximum atomic E-state index is 8.63. The average molecular weight is 285 g/mol. The molecule has 1 aromatic heterocycles. The van der Waals surface area contributed by atoms with E-state index in [1.165, 1.54) is 0 Å². The zero-order valence-electron chi connectivity index (χ0n) is 12.1. The fourth-order valence-electron chi connectivity index (χ4n) is 1.84. The van der Waals surface area contributed by atoms with Crippen LogP contribution in [0.2, 0.25) is 0 Å². The van der Waals surface area contributed by atoms with E-state index >= 15 is 0 Å². The Morgan fingerprint density at radius 3 is 2.71 bits per heavy atom. The number of aliphatic hydroxyl groups is 1. The van der Waals surface area contributed by atoms with E-state index in [0.29, 0.717) is 6.61 Å². The predicted molar refractivity (Wildman–Crippen MR) is 80.9 cm³/mol. The molecule has 1 heterocycles. The van der Waals surface area contributed by atoms with Crippen molar-refractivity contribution in [3.8, 4) is 17.6 Å². The second kappa shape index (κ2) is 8.15. The van der Waals surface area contributed by atoms with Gasteiger partial charge in [0.2, 0.25) is 0 Å². The van der Waals surface area contributed by atoms with Crippen molar-refractivity contribution >= 4 is 0 Å². The number of hydrogen-bond acceptors (Lipinski definition) is 4. The normalized spacial score (nSPS) is 10.2. The first kappa shape index (κ1) is 15.2. The third kappa shape index (κ3) is 5.35. The van der Waals surface area contributed by atoms with Crippen molar-refractivity contribution in [2.75, 3.05) is 26.8 Å². The van der Waals surface area contributed by atoms with E-state index in [9.17, 15) is 0 Å². The minimum absolute atomic E-state index is 0.125. The third-order valence-corrected chi connectivity index (χ3v) is 2.91. The Morgan fingerprint density at radius 1 is 1.24 bits per heavy atom. The van der Waals surface area contributed by atoms with E-state index < -0.39 is 0 Å². The lowest BCUT2D eigenvalue weighted by Crippen LogP contribution is -2.23. The van der Waals surface area contributed by atoms with Crippen molar-refractivity contribution in [1.29, 1.82) is 0 Å². The Bertz CT molecular complexity index is 579. The number of benzene rings is 1. The van der Waals surface area contributed by atoms with Crippen LogP contribution in [-0.2, 0) is 6.54 Å². The summed E-state index contributed by atoms with van der Waals surface area (Å²) in [5.74, 6) is 7.22. The molecule has 0 saturated carbocycles. The maximum absolute atomic E-state index is 8.63. The SMILES string of the molecule is CN(CCOc1ccc(C#CCO)cc1)Cc1ccco1. The van der Waals surface area contributed by atoms with Crippen molar-refractivity contribution in [3.63, 3.8) is 0 Å². The molecule has 0 bridgehead atoms. The summed E-state index contributed by atoms with van der Waals surface area (Å²) in [4.78, 5) is 2.14. The highest BCUT2D eigenvalue weighted by Gasteiger charge is 2.02. The van der Waals surface area contributed by atoms with Gasteiger partial charge < -0.3 is 14.3 Å². The Hall–Kier alpha value is -2.22. The van der Waals surface area contributed by atoms with Gasteiger partial charge in [0, 0.05) is 12.1 Å². The van der Waals surface area contributed by atoms with Crippen LogP contribution in [0.1, 0.15) is 11.3 Å². The standard InChI is InChI=1S/C17H19NO3/c1-18(14-17-5-3-12-20-17)10-13-21-16-8-6-15(7-9-16)4-2-11-19/h3,5-9,12,19H,10-11,13-14H2,1H3. The number of ether oxygens (including phenoxy) is 1. The molecule has 0 aliphatic rings. The molecular weight excluding hydrogens is 266 g/mol. The van der Waals surface area contributed by atoms with Crippen molar-refractivity contribution in [2.24, 2.45) is 0 Å². The molecule has 0 aliphatic carbocycles. The molecule has 2 aromatic rings. The molecule has 1 N–H and O–H groups in total. The summed E-state index contributed by atoms with van der Waals surface area (Å²) in [5, 5.41) is 8.63. The van der Waals surface area contributed by atoms with Crippen molar-refractivity contribution in [3.05, 3.63) is 54.0 Å². The van der Waals surface area contributed by atoms with Gasteiger partial charge in [-0.2, -0.15) is 0 Å². The predicted octanol–water partition coefficient (Wildman–Crippen LogP) is 2.13. The van der Waals surface area contributed by atoms with E-state index in [2.05, 4.69) is 16.7 Å². The second-order valence-electron chi connectivity index (χ2n) is 4.65. The molecule has 1 aromatic carbocycles. The minimum Gasteiger partial charge on any atom is -0.492 e. The molecule has 0 amide bonds. The number of aliphatic hydroxyl groups excluding tert-OH is 1. The van der Waals surface area contributed by atoms with E-state index in [4.69, 9.17) is 14.3 Å². The van der Waals surface area contributed by atoms with Crippen molar-refractivity contribution < 1.29 is 14.3 Å². The lowest BCUT2D eigenvalue weighted by Gasteiger charge is -2.15. The quantitative estimate of drug-likeness (QED) is 0.826. The third-order valence-electron chi connectivity index (χ3n) is 2.91. The number of furan rings is 1. The summed E-state index contributed by atoms with van der Waals surface area (Å²) in [7, 11) is 2.03. The van der Waals surface area contributed by atoms with Gasteiger partial charge in [-0.25, -0.2) is 0 Å². The molecule has 2 rings (SSSR count). The van der Waals surface area contributed by atoms with Crippen molar-refractivity contribution in [1.82, 2.24) is 4.90 Å². The zero-order chi connectivity index (χ0) is 14.9. The van der Waals surface area contributed by atoms with Crippen LogP contribution >= 0.6 is 0 Å². The first-order valence-corrected chi connectivity index (χ1v) is 6.81. The summed E-state index contributed by atoms with van der Waals surface area (Å²) >= 11 is 0. The van der Waals surface area contributed by atoms with Crippen LogP contribution in [0.25, 0.3) is 0 Å². The lowest BCUT2D eigenvalue weighted by atomic mass is 10.2. The van der Waals surface area contributed by atoms with E-state index in [-0.39, 0.29) is 6.61 Å². The maximum Gasteiger partial charge on any atom is 0.119 e. The molecule has 0 fully saturated rings. The Morgan fingerprint density at radius 2 is 2.05 bits per heavy atom. The van der Waals surface area contributed by atoms with Crippen LogP contribution in [0.15, 0.2) is 47.1 Å². The van der Waals surface area contributed by atoms with Gasteiger partial charge in [0.1, 0.15) is 24.7 Å². The highest BCUT2D eigenvalue weighted by molar-refractivity contribution is 5.38. The fourth-order valence-corrected chi connectivity index (χ4v) is 1.84. The Kier molecular flexibility index (Phi) is 5.89. The summed E-state index contributed by atoms with van der Waals surface area (Å²) in [6.45, 7) is 2.07. The summed E-state index contributed by atoms with van der Waals surface area (Å²) in [6.07, 6.45) is 1.68. The number of nitrogens with zero attached hydrogens (tertiary/aromatic N) is 1. The summed E-state index contributed by atoms with van der Waals surface area (Å²) in [6, 6.07) is 11.4. The van der Waals surface area contributed by atoms with Crippen LogP contribution in [0.3, 0.4) is 0 Å². The minimum atomic E-state index is -0.125. The molecule has 0 atom stereocenters. The molecule has 0 radical (unpaired) electrons. The largest absolute Gasteiger partial charge is 0.492 e.